The molecule has 1 aliphatic heterocycles. The van der Waals surface area contributed by atoms with Crippen LogP contribution in [0.15, 0.2) is 17.1 Å². The van der Waals surface area contributed by atoms with Crippen molar-refractivity contribution in [2.24, 2.45) is 0 Å². The van der Waals surface area contributed by atoms with Crippen LogP contribution >= 0.6 is 15.4 Å². The Labute approximate surface area is 206 Å². The largest absolute Gasteiger partial charge is 0.479 e. The minimum absolute atomic E-state index is 0.00729. The first-order valence-electron chi connectivity index (χ1n) is 12.2. The third-order valence-corrected chi connectivity index (χ3v) is 9.00. The van der Waals surface area contributed by atoms with Gasteiger partial charge in [-0.15, -0.1) is 0 Å². The van der Waals surface area contributed by atoms with Gasteiger partial charge in [0.05, 0.1) is 18.9 Å². The second kappa shape index (κ2) is 14.6. The molecule has 0 radical (unpaired) electrons. The average molecular weight is 540 g/mol. The van der Waals surface area contributed by atoms with Crippen molar-refractivity contribution < 1.29 is 37.6 Å². The number of nitrogens with two attached hydrogens (primary N) is 1. The zero-order chi connectivity index (χ0) is 25.9. The number of aromatic nitrogens is 2. The van der Waals surface area contributed by atoms with Gasteiger partial charge in [0.15, 0.2) is 0 Å². The van der Waals surface area contributed by atoms with E-state index in [2.05, 4.69) is 16.2 Å². The molecule has 2 unspecified atom stereocenters. The van der Waals surface area contributed by atoms with Crippen molar-refractivity contribution in [2.45, 2.75) is 96.0 Å². The lowest BCUT2D eigenvalue weighted by molar-refractivity contribution is -0.0447. The standard InChI is InChI=1S/C21H39N3O9P2/c1-2-3-4-5-6-7-8-9-10-11-14-34(27,28)33-35(29,30)31-16-18-17(25)15-20(32-18)24-13-12-19(22)23-21(24)26/h12-13,17-18,20,25H,2-11,14-16H2,1H3,(H,27,28)(H,29,30)(H2,22,23,26)/t17-,18+,20+/m0/s1. The predicted molar refractivity (Wildman–Crippen MR) is 131 cm³/mol. The Morgan fingerprint density at radius 1 is 1.11 bits per heavy atom. The normalized spacial score (nSPS) is 23.7. The third-order valence-electron chi connectivity index (χ3n) is 5.79. The predicted octanol–water partition coefficient (Wildman–Crippen LogP) is 3.71. The number of rotatable bonds is 17. The fourth-order valence-corrected chi connectivity index (χ4v) is 6.64. The third kappa shape index (κ3) is 11.2. The molecule has 12 nitrogen and oxygen atoms in total. The van der Waals surface area contributed by atoms with E-state index in [1.807, 2.05) is 0 Å². The van der Waals surface area contributed by atoms with E-state index in [0.717, 1.165) is 30.3 Å². The van der Waals surface area contributed by atoms with Gasteiger partial charge in [0.2, 0.25) is 0 Å². The maximum Gasteiger partial charge on any atom is 0.479 e. The number of phosphoric acid groups is 1. The van der Waals surface area contributed by atoms with Gasteiger partial charge in [0.1, 0.15) is 18.1 Å². The molecule has 35 heavy (non-hydrogen) atoms. The Morgan fingerprint density at radius 3 is 2.31 bits per heavy atom. The van der Waals surface area contributed by atoms with Crippen molar-refractivity contribution in [1.29, 1.82) is 0 Å². The van der Waals surface area contributed by atoms with Crippen LogP contribution in [0.1, 0.15) is 83.8 Å². The molecule has 0 bridgehead atoms. The number of nitrogens with zero attached hydrogens (tertiary/aromatic N) is 2. The van der Waals surface area contributed by atoms with Crippen molar-refractivity contribution in [3.8, 4) is 0 Å². The number of unbranched alkanes of at least 4 members (excludes halogenated alkanes) is 9. The van der Waals surface area contributed by atoms with E-state index in [4.69, 9.17) is 15.0 Å². The number of ether oxygens (including phenoxy) is 1. The van der Waals surface area contributed by atoms with Crippen LogP contribution in [0.4, 0.5) is 5.82 Å². The highest BCUT2D eigenvalue weighted by molar-refractivity contribution is 7.64. The van der Waals surface area contributed by atoms with Gasteiger partial charge in [0, 0.05) is 12.6 Å². The van der Waals surface area contributed by atoms with E-state index in [1.54, 1.807) is 0 Å². The number of phosphoric ester groups is 1. The summed E-state index contributed by atoms with van der Waals surface area (Å²) in [6, 6.07) is 1.39. The first-order valence-corrected chi connectivity index (χ1v) is 15.5. The summed E-state index contributed by atoms with van der Waals surface area (Å²) >= 11 is 0. The highest BCUT2D eigenvalue weighted by Gasteiger charge is 2.39. The van der Waals surface area contributed by atoms with Crippen LogP contribution in [0.25, 0.3) is 0 Å². The smallest absolute Gasteiger partial charge is 0.390 e. The Balaban J connectivity index is 1.69. The van der Waals surface area contributed by atoms with Crippen molar-refractivity contribution in [3.05, 3.63) is 22.7 Å². The van der Waals surface area contributed by atoms with Crippen LogP contribution in [-0.2, 0) is 22.7 Å². The lowest BCUT2D eigenvalue weighted by Gasteiger charge is -2.19. The lowest BCUT2D eigenvalue weighted by atomic mass is 10.1. The number of aliphatic hydroxyl groups excluding tert-OH is 1. The van der Waals surface area contributed by atoms with E-state index in [0.29, 0.717) is 6.42 Å². The molecule has 1 aliphatic rings. The molecule has 5 N–H and O–H groups in total. The summed E-state index contributed by atoms with van der Waals surface area (Å²) in [4.78, 5) is 35.3. The van der Waals surface area contributed by atoms with E-state index < -0.39 is 46.2 Å². The summed E-state index contributed by atoms with van der Waals surface area (Å²) < 4.78 is 40.4. The molecule has 1 aromatic rings. The van der Waals surface area contributed by atoms with Crippen LogP contribution in [-0.4, -0.2) is 49.4 Å². The number of nitrogen functional groups attached to an aromatic ring is 1. The maximum atomic E-state index is 12.2. The van der Waals surface area contributed by atoms with Crippen LogP contribution < -0.4 is 11.4 Å². The van der Waals surface area contributed by atoms with E-state index >= 15 is 0 Å². The molecular weight excluding hydrogens is 500 g/mol. The molecule has 1 saturated heterocycles. The maximum absolute atomic E-state index is 12.2. The molecule has 2 rings (SSSR count). The summed E-state index contributed by atoms with van der Waals surface area (Å²) in [7, 11) is -9.23. The molecule has 202 valence electrons. The van der Waals surface area contributed by atoms with Crippen molar-refractivity contribution in [3.63, 3.8) is 0 Å². The summed E-state index contributed by atoms with van der Waals surface area (Å²) in [5.41, 5.74) is 4.78. The summed E-state index contributed by atoms with van der Waals surface area (Å²) in [6.07, 6.45) is 8.46. The zero-order valence-electron chi connectivity index (χ0n) is 20.2. The molecule has 5 atom stereocenters. The fourth-order valence-electron chi connectivity index (χ4n) is 3.87. The Kier molecular flexibility index (Phi) is 12.6. The lowest BCUT2D eigenvalue weighted by Crippen LogP contribution is -2.28. The number of anilines is 1. The molecule has 1 aromatic heterocycles. The molecule has 0 aromatic carbocycles. The molecule has 1 fully saturated rings. The molecule has 0 spiro atoms. The SMILES string of the molecule is CCCCCCCCCCCCP(=O)(O)OP(=O)(O)OC[C@H]1O[C@@H](n2ccc(N)nc2=O)C[C@@H]1O. The number of aliphatic hydroxyl groups is 1. The summed E-state index contributed by atoms with van der Waals surface area (Å²) in [5, 5.41) is 10.2. The minimum Gasteiger partial charge on any atom is -0.390 e. The van der Waals surface area contributed by atoms with E-state index in [-0.39, 0.29) is 18.4 Å². The second-order valence-electron chi connectivity index (χ2n) is 8.86. The molecule has 0 saturated carbocycles. The molecular formula is C21H39N3O9P2. The Hall–Kier alpha value is -1.10. The fraction of sp³-hybridized carbons (Fsp3) is 0.810. The van der Waals surface area contributed by atoms with Crippen LogP contribution in [0.3, 0.4) is 0 Å². The number of hydrogen-bond donors (Lipinski definition) is 4. The Morgan fingerprint density at radius 2 is 1.71 bits per heavy atom. The summed E-state index contributed by atoms with van der Waals surface area (Å²) in [6.45, 7) is 1.60. The van der Waals surface area contributed by atoms with Gasteiger partial charge in [-0.25, -0.2) is 13.7 Å². The van der Waals surface area contributed by atoms with Gasteiger partial charge in [-0.2, -0.15) is 4.98 Å². The molecule has 0 aliphatic carbocycles. The second-order valence-corrected chi connectivity index (χ2v) is 12.4. The van der Waals surface area contributed by atoms with Gasteiger partial charge in [-0.05, 0) is 12.5 Å². The van der Waals surface area contributed by atoms with Crippen LogP contribution in [0.2, 0.25) is 0 Å². The summed E-state index contributed by atoms with van der Waals surface area (Å²) in [5.74, 6) is 0.0364. The van der Waals surface area contributed by atoms with E-state index in [1.165, 1.54) is 44.4 Å². The van der Waals surface area contributed by atoms with Gasteiger partial charge < -0.3 is 25.4 Å². The molecule has 0 amide bonds. The zero-order valence-corrected chi connectivity index (χ0v) is 22.0. The first kappa shape index (κ1) is 30.1. The minimum atomic E-state index is -4.88. The van der Waals surface area contributed by atoms with Crippen molar-refractivity contribution >= 4 is 21.2 Å². The topological polar surface area (TPSA) is 183 Å². The highest BCUT2D eigenvalue weighted by Crippen LogP contribution is 2.60. The quantitative estimate of drug-likeness (QED) is 0.167. The molecule has 14 heteroatoms. The Bertz CT molecular complexity index is 930. The number of hydrogen-bond acceptors (Lipinski definition) is 9. The van der Waals surface area contributed by atoms with Gasteiger partial charge >= 0.3 is 21.1 Å². The van der Waals surface area contributed by atoms with Crippen molar-refractivity contribution in [2.75, 3.05) is 18.5 Å². The van der Waals surface area contributed by atoms with Gasteiger partial charge in [0.25, 0.3) is 0 Å². The molecule has 2 heterocycles. The monoisotopic (exact) mass is 539 g/mol. The highest BCUT2D eigenvalue weighted by atomic mass is 31.3. The van der Waals surface area contributed by atoms with Gasteiger partial charge in [-0.1, -0.05) is 64.7 Å². The van der Waals surface area contributed by atoms with Crippen molar-refractivity contribution in [1.82, 2.24) is 9.55 Å². The first-order chi connectivity index (χ1) is 16.5. The van der Waals surface area contributed by atoms with E-state index in [9.17, 15) is 28.8 Å². The van der Waals surface area contributed by atoms with Crippen LogP contribution in [0.5, 0.6) is 0 Å². The van der Waals surface area contributed by atoms with Crippen LogP contribution in [0, 0.1) is 0 Å². The average Bonchev–Trinajstić information content (AvgIpc) is 3.13. The van der Waals surface area contributed by atoms with Gasteiger partial charge in [-0.3, -0.25) is 13.7 Å².